The van der Waals surface area contributed by atoms with E-state index < -0.39 is 0 Å². The fraction of sp³-hybridized carbons (Fsp3) is 0.571. The van der Waals surface area contributed by atoms with E-state index in [1.807, 2.05) is 6.07 Å². The molecule has 0 bridgehead atoms. The highest BCUT2D eigenvalue weighted by Crippen LogP contribution is 2.41. The molecule has 1 heterocycles. The maximum atomic E-state index is 11.0. The highest BCUT2D eigenvalue weighted by Gasteiger charge is 2.42. The predicted molar refractivity (Wildman–Crippen MR) is 72.3 cm³/mol. The minimum Gasteiger partial charge on any atom is -0.393 e. The second-order valence-electron chi connectivity index (χ2n) is 5.65. The molecule has 0 radical (unpaired) electrons. The second kappa shape index (κ2) is 4.49. The number of hydrogen-bond acceptors (Lipinski definition) is 4. The van der Waals surface area contributed by atoms with Crippen LogP contribution in [0.3, 0.4) is 0 Å². The van der Waals surface area contributed by atoms with Crippen molar-refractivity contribution in [2.24, 2.45) is 11.8 Å². The van der Waals surface area contributed by atoms with Crippen LogP contribution in [-0.2, 0) is 0 Å². The van der Waals surface area contributed by atoms with Crippen molar-refractivity contribution in [1.82, 2.24) is 0 Å². The molecule has 1 aromatic rings. The van der Waals surface area contributed by atoms with Crippen LogP contribution in [0.4, 0.5) is 11.4 Å². The Kier molecular flexibility index (Phi) is 2.93. The second-order valence-corrected chi connectivity index (χ2v) is 5.65. The summed E-state index contributed by atoms with van der Waals surface area (Å²) in [6.07, 6.45) is 1.77. The molecular formula is C14H18N2O3. The summed E-state index contributed by atoms with van der Waals surface area (Å²) in [4.78, 5) is 12.8. The Morgan fingerprint density at radius 2 is 2.16 bits per heavy atom. The summed E-state index contributed by atoms with van der Waals surface area (Å²) in [5.41, 5.74) is 1.84. The molecule has 1 N–H and O–H groups in total. The number of aliphatic hydroxyl groups excluding tert-OH is 1. The van der Waals surface area contributed by atoms with Crippen molar-refractivity contribution in [2.45, 2.75) is 25.9 Å². The van der Waals surface area contributed by atoms with Crippen molar-refractivity contribution in [3.63, 3.8) is 0 Å². The van der Waals surface area contributed by atoms with E-state index >= 15 is 0 Å². The minimum absolute atomic E-state index is 0.176. The number of benzene rings is 1. The molecule has 1 saturated carbocycles. The van der Waals surface area contributed by atoms with Crippen molar-refractivity contribution in [2.75, 3.05) is 18.0 Å². The lowest BCUT2D eigenvalue weighted by atomic mass is 10.00. The molecule has 1 aromatic carbocycles. The maximum Gasteiger partial charge on any atom is 0.274 e. The van der Waals surface area contributed by atoms with Crippen LogP contribution in [0.15, 0.2) is 18.2 Å². The number of fused-ring (bicyclic) bond motifs is 1. The lowest BCUT2D eigenvalue weighted by Crippen LogP contribution is -2.25. The molecule has 2 aliphatic rings. The van der Waals surface area contributed by atoms with Crippen LogP contribution < -0.4 is 4.90 Å². The third kappa shape index (κ3) is 1.98. The molecule has 0 aromatic heterocycles. The van der Waals surface area contributed by atoms with Gasteiger partial charge in [-0.05, 0) is 31.7 Å². The van der Waals surface area contributed by atoms with Gasteiger partial charge in [-0.2, -0.15) is 0 Å². The predicted octanol–water partition coefficient (Wildman–Crippen LogP) is 2.11. The van der Waals surface area contributed by atoms with Crippen LogP contribution in [0.2, 0.25) is 0 Å². The molecule has 19 heavy (non-hydrogen) atoms. The van der Waals surface area contributed by atoms with Crippen molar-refractivity contribution in [1.29, 1.82) is 0 Å². The zero-order valence-corrected chi connectivity index (χ0v) is 11.0. The Balaban J connectivity index is 1.88. The smallest absolute Gasteiger partial charge is 0.274 e. The van der Waals surface area contributed by atoms with Crippen LogP contribution in [-0.4, -0.2) is 29.2 Å². The Bertz CT molecular complexity index is 517. The fourth-order valence-corrected chi connectivity index (χ4v) is 3.59. The minimum atomic E-state index is -0.329. The normalized spacial score (nSPS) is 29.6. The fourth-order valence-electron chi connectivity index (χ4n) is 3.59. The Morgan fingerprint density at radius 1 is 1.37 bits per heavy atom. The lowest BCUT2D eigenvalue weighted by Gasteiger charge is -2.22. The zero-order chi connectivity index (χ0) is 13.6. The van der Waals surface area contributed by atoms with Gasteiger partial charge in [0.05, 0.1) is 16.6 Å². The van der Waals surface area contributed by atoms with Gasteiger partial charge < -0.3 is 10.0 Å². The van der Waals surface area contributed by atoms with E-state index in [1.54, 1.807) is 19.1 Å². The summed E-state index contributed by atoms with van der Waals surface area (Å²) < 4.78 is 0. The zero-order valence-electron chi connectivity index (χ0n) is 11.0. The number of anilines is 1. The first-order valence-corrected chi connectivity index (χ1v) is 6.75. The molecule has 0 amide bonds. The summed E-state index contributed by atoms with van der Waals surface area (Å²) in [5, 5.41) is 20.9. The van der Waals surface area contributed by atoms with Gasteiger partial charge >= 0.3 is 0 Å². The summed E-state index contributed by atoms with van der Waals surface area (Å²) >= 11 is 0. The van der Waals surface area contributed by atoms with Gasteiger partial charge in [-0.3, -0.25) is 10.1 Å². The summed E-state index contributed by atoms with van der Waals surface area (Å²) in [6, 6.07) is 5.23. The van der Waals surface area contributed by atoms with Gasteiger partial charge in [-0.1, -0.05) is 6.07 Å². The van der Waals surface area contributed by atoms with Crippen LogP contribution in [0.25, 0.3) is 0 Å². The molecule has 5 heteroatoms. The van der Waals surface area contributed by atoms with E-state index in [9.17, 15) is 15.2 Å². The number of nitro benzene ring substituents is 1. The van der Waals surface area contributed by atoms with E-state index in [-0.39, 0.29) is 16.7 Å². The molecule has 1 aliphatic heterocycles. The van der Waals surface area contributed by atoms with Gasteiger partial charge in [0, 0.05) is 30.8 Å². The molecule has 1 saturated heterocycles. The summed E-state index contributed by atoms with van der Waals surface area (Å²) in [5.74, 6) is 0.868. The Morgan fingerprint density at radius 3 is 2.84 bits per heavy atom. The number of rotatable bonds is 2. The average molecular weight is 262 g/mol. The molecule has 102 valence electrons. The number of hydrogen-bond donors (Lipinski definition) is 1. The number of nitrogens with zero attached hydrogens (tertiary/aromatic N) is 2. The Hall–Kier alpha value is -1.62. The molecular weight excluding hydrogens is 244 g/mol. The first-order chi connectivity index (χ1) is 9.08. The van der Waals surface area contributed by atoms with Gasteiger partial charge in [-0.15, -0.1) is 0 Å². The molecule has 3 unspecified atom stereocenters. The van der Waals surface area contributed by atoms with Crippen molar-refractivity contribution < 1.29 is 10.0 Å². The lowest BCUT2D eigenvalue weighted by molar-refractivity contribution is -0.385. The highest BCUT2D eigenvalue weighted by atomic mass is 16.6. The Labute approximate surface area is 112 Å². The van der Waals surface area contributed by atoms with Crippen molar-refractivity contribution >= 4 is 11.4 Å². The summed E-state index contributed by atoms with van der Waals surface area (Å²) in [7, 11) is 0. The number of aliphatic hydroxyl groups is 1. The molecule has 0 spiro atoms. The van der Waals surface area contributed by atoms with Crippen molar-refractivity contribution in [3.8, 4) is 0 Å². The van der Waals surface area contributed by atoms with Crippen LogP contribution in [0.5, 0.6) is 0 Å². The van der Waals surface area contributed by atoms with E-state index in [0.29, 0.717) is 11.8 Å². The van der Waals surface area contributed by atoms with E-state index in [1.165, 1.54) is 0 Å². The van der Waals surface area contributed by atoms with Gasteiger partial charge in [0.2, 0.25) is 0 Å². The summed E-state index contributed by atoms with van der Waals surface area (Å²) in [6.45, 7) is 3.52. The first kappa shape index (κ1) is 12.4. The van der Waals surface area contributed by atoms with Crippen LogP contribution >= 0.6 is 0 Å². The van der Waals surface area contributed by atoms with Gasteiger partial charge in [-0.25, -0.2) is 0 Å². The largest absolute Gasteiger partial charge is 0.393 e. The highest BCUT2D eigenvalue weighted by molar-refractivity contribution is 5.62. The average Bonchev–Trinajstić information content (AvgIpc) is 2.92. The third-order valence-corrected chi connectivity index (χ3v) is 4.63. The van der Waals surface area contributed by atoms with E-state index in [2.05, 4.69) is 4.90 Å². The maximum absolute atomic E-state index is 11.0. The quantitative estimate of drug-likeness (QED) is 0.654. The molecule has 3 atom stereocenters. The first-order valence-electron chi connectivity index (χ1n) is 6.75. The van der Waals surface area contributed by atoms with E-state index in [0.717, 1.165) is 37.2 Å². The van der Waals surface area contributed by atoms with Gasteiger partial charge in [0.15, 0.2) is 0 Å². The topological polar surface area (TPSA) is 66.6 Å². The molecule has 5 nitrogen and oxygen atoms in total. The van der Waals surface area contributed by atoms with Crippen LogP contribution in [0, 0.1) is 28.9 Å². The van der Waals surface area contributed by atoms with Crippen molar-refractivity contribution in [3.05, 3.63) is 33.9 Å². The SMILES string of the molecule is Cc1c(N2CC3CCC(O)C3C2)cccc1[N+](=O)[O-]. The monoisotopic (exact) mass is 262 g/mol. The number of nitro groups is 1. The molecule has 2 fully saturated rings. The van der Waals surface area contributed by atoms with Gasteiger partial charge in [0.1, 0.15) is 0 Å². The molecule has 1 aliphatic carbocycles. The molecule has 3 rings (SSSR count). The third-order valence-electron chi connectivity index (χ3n) is 4.63. The van der Waals surface area contributed by atoms with Crippen LogP contribution in [0.1, 0.15) is 18.4 Å². The van der Waals surface area contributed by atoms with Gasteiger partial charge in [0.25, 0.3) is 5.69 Å². The standard InChI is InChI=1S/C14H18N2O3/c1-9-12(3-2-4-13(9)16(18)19)15-7-10-5-6-14(17)11(10)8-15/h2-4,10-11,14,17H,5-8H2,1H3. The van der Waals surface area contributed by atoms with E-state index in [4.69, 9.17) is 0 Å².